The van der Waals surface area contributed by atoms with E-state index in [-0.39, 0.29) is 31.1 Å². The van der Waals surface area contributed by atoms with Gasteiger partial charge >= 0.3 is 17.9 Å². The van der Waals surface area contributed by atoms with E-state index in [4.69, 9.17) is 14.2 Å². The number of esters is 3. The van der Waals surface area contributed by atoms with Crippen molar-refractivity contribution < 1.29 is 28.6 Å². The highest BCUT2D eigenvalue weighted by atomic mass is 16.6. The summed E-state index contributed by atoms with van der Waals surface area (Å²) in [5.74, 6) is -0.896. The monoisotopic (exact) mass is 747 g/mol. The van der Waals surface area contributed by atoms with Crippen LogP contribution in [0.5, 0.6) is 0 Å². The first-order chi connectivity index (χ1) is 26.0. The molecule has 0 aliphatic rings. The molecule has 0 rings (SSSR count). The molecule has 6 heteroatoms. The molecule has 1 unspecified atom stereocenters. The van der Waals surface area contributed by atoms with Crippen LogP contribution in [0.4, 0.5) is 0 Å². The van der Waals surface area contributed by atoms with Gasteiger partial charge in [0.2, 0.25) is 0 Å². The lowest BCUT2D eigenvalue weighted by atomic mass is 10.0. The van der Waals surface area contributed by atoms with E-state index in [1.807, 2.05) is 0 Å². The number of carbonyl (C=O) groups excluding carboxylic acids is 3. The van der Waals surface area contributed by atoms with Crippen molar-refractivity contribution in [1.29, 1.82) is 0 Å². The average molecular weight is 747 g/mol. The van der Waals surface area contributed by atoms with Crippen molar-refractivity contribution in [3.63, 3.8) is 0 Å². The van der Waals surface area contributed by atoms with Gasteiger partial charge in [0.25, 0.3) is 0 Å². The summed E-state index contributed by atoms with van der Waals surface area (Å²) in [6, 6.07) is 0. The molecule has 0 bridgehead atoms. The topological polar surface area (TPSA) is 78.9 Å². The summed E-state index contributed by atoms with van der Waals surface area (Å²) < 4.78 is 16.7. The largest absolute Gasteiger partial charge is 0.462 e. The van der Waals surface area contributed by atoms with E-state index in [0.29, 0.717) is 19.3 Å². The van der Waals surface area contributed by atoms with Crippen molar-refractivity contribution in [2.75, 3.05) is 13.2 Å². The highest BCUT2D eigenvalue weighted by Crippen LogP contribution is 2.15. The van der Waals surface area contributed by atoms with Gasteiger partial charge in [-0.2, -0.15) is 0 Å². The van der Waals surface area contributed by atoms with Gasteiger partial charge in [-0.15, -0.1) is 0 Å². The van der Waals surface area contributed by atoms with Crippen LogP contribution in [0.1, 0.15) is 239 Å². The molecule has 0 aromatic heterocycles. The quantitative estimate of drug-likeness (QED) is 0.0268. The Morgan fingerprint density at radius 2 is 0.642 bits per heavy atom. The van der Waals surface area contributed by atoms with E-state index in [9.17, 15) is 14.4 Å². The van der Waals surface area contributed by atoms with Crippen molar-refractivity contribution in [2.45, 2.75) is 245 Å². The molecule has 0 heterocycles. The second-order valence-corrected chi connectivity index (χ2v) is 15.3. The Hall–Kier alpha value is -2.11. The minimum Gasteiger partial charge on any atom is -0.462 e. The lowest BCUT2D eigenvalue weighted by Gasteiger charge is -2.18. The summed E-state index contributed by atoms with van der Waals surface area (Å²) in [6.07, 6.45) is 45.9. The van der Waals surface area contributed by atoms with Crippen molar-refractivity contribution in [2.24, 2.45) is 0 Å². The van der Waals surface area contributed by atoms with Gasteiger partial charge < -0.3 is 14.2 Å². The molecule has 0 amide bonds. The molecular formula is C47H86O6. The molecule has 0 saturated heterocycles. The maximum absolute atomic E-state index is 12.7. The van der Waals surface area contributed by atoms with Crippen LogP contribution in [0, 0.1) is 0 Å². The second-order valence-electron chi connectivity index (χ2n) is 15.3. The molecule has 310 valence electrons. The van der Waals surface area contributed by atoms with Gasteiger partial charge in [-0.25, -0.2) is 0 Å². The van der Waals surface area contributed by atoms with Gasteiger partial charge in [0.1, 0.15) is 13.2 Å². The number of unbranched alkanes of at least 4 members (excludes halogenated alkanes) is 26. The zero-order valence-electron chi connectivity index (χ0n) is 35.3. The van der Waals surface area contributed by atoms with Crippen LogP contribution < -0.4 is 0 Å². The summed E-state index contributed by atoms with van der Waals surface area (Å²) in [4.78, 5) is 37.7. The normalized spacial score (nSPS) is 12.1. The molecule has 1 atom stereocenters. The zero-order chi connectivity index (χ0) is 38.7. The third kappa shape index (κ3) is 40.9. The van der Waals surface area contributed by atoms with Gasteiger partial charge in [-0.1, -0.05) is 186 Å². The van der Waals surface area contributed by atoms with E-state index in [1.54, 1.807) is 0 Å². The Kier molecular flexibility index (Phi) is 40.9. The van der Waals surface area contributed by atoms with Gasteiger partial charge in [0.15, 0.2) is 6.10 Å². The molecule has 0 saturated carbocycles. The van der Waals surface area contributed by atoms with Crippen LogP contribution in [-0.4, -0.2) is 37.2 Å². The number of rotatable bonds is 41. The highest BCUT2D eigenvalue weighted by Gasteiger charge is 2.19. The van der Waals surface area contributed by atoms with E-state index in [1.165, 1.54) is 109 Å². The van der Waals surface area contributed by atoms with Crippen LogP contribution in [0.2, 0.25) is 0 Å². The Morgan fingerprint density at radius 3 is 1.00 bits per heavy atom. The van der Waals surface area contributed by atoms with E-state index >= 15 is 0 Å². The standard InChI is InChI=1S/C47H86O6/c1-4-7-10-13-16-19-22-23-24-26-28-31-34-37-40-46(49)52-43-44(42-51-45(48)39-36-33-30-27-21-18-15-12-9-6-3)53-47(50)41-38-35-32-29-25-20-17-14-11-8-5-2/h14-15,17-18,44H,4-13,16,19-43H2,1-3H3/b17-14-,18-15-. The summed E-state index contributed by atoms with van der Waals surface area (Å²) >= 11 is 0. The summed E-state index contributed by atoms with van der Waals surface area (Å²) in [7, 11) is 0. The van der Waals surface area contributed by atoms with Crippen LogP contribution >= 0.6 is 0 Å². The predicted molar refractivity (Wildman–Crippen MR) is 224 cm³/mol. The molecule has 0 fully saturated rings. The Bertz CT molecular complexity index is 865. The lowest BCUT2D eigenvalue weighted by molar-refractivity contribution is -0.167. The molecule has 0 aromatic carbocycles. The Labute approximate surface area is 328 Å². The van der Waals surface area contributed by atoms with E-state index in [2.05, 4.69) is 45.1 Å². The molecule has 0 aromatic rings. The van der Waals surface area contributed by atoms with Crippen molar-refractivity contribution in [3.05, 3.63) is 24.3 Å². The fourth-order valence-corrected chi connectivity index (χ4v) is 6.40. The van der Waals surface area contributed by atoms with Gasteiger partial charge in [-0.05, 0) is 57.8 Å². The summed E-state index contributed by atoms with van der Waals surface area (Å²) in [5, 5.41) is 0. The van der Waals surface area contributed by atoms with E-state index < -0.39 is 6.10 Å². The van der Waals surface area contributed by atoms with E-state index in [0.717, 1.165) is 89.9 Å². The molecular weight excluding hydrogens is 661 g/mol. The number of allylic oxidation sites excluding steroid dienone is 4. The first kappa shape index (κ1) is 50.9. The van der Waals surface area contributed by atoms with Gasteiger partial charge in [0, 0.05) is 19.3 Å². The Balaban J connectivity index is 4.35. The molecule has 6 nitrogen and oxygen atoms in total. The summed E-state index contributed by atoms with van der Waals surface area (Å²) in [6.45, 7) is 6.54. The summed E-state index contributed by atoms with van der Waals surface area (Å²) in [5.41, 5.74) is 0. The fraction of sp³-hybridized carbons (Fsp3) is 0.851. The number of ether oxygens (including phenoxy) is 3. The van der Waals surface area contributed by atoms with Crippen molar-refractivity contribution >= 4 is 17.9 Å². The fourth-order valence-electron chi connectivity index (χ4n) is 6.40. The minimum atomic E-state index is -0.772. The first-order valence-corrected chi connectivity index (χ1v) is 22.8. The minimum absolute atomic E-state index is 0.0754. The molecule has 0 aliphatic heterocycles. The zero-order valence-corrected chi connectivity index (χ0v) is 35.3. The number of hydrogen-bond acceptors (Lipinski definition) is 6. The van der Waals surface area contributed by atoms with Gasteiger partial charge in [-0.3, -0.25) is 14.4 Å². The molecule has 0 spiro atoms. The number of hydrogen-bond donors (Lipinski definition) is 0. The maximum Gasteiger partial charge on any atom is 0.306 e. The molecule has 0 N–H and O–H groups in total. The third-order valence-corrected chi connectivity index (χ3v) is 9.93. The SMILES string of the molecule is CCCC/C=C\CCCCCCCC(=O)OC(COC(=O)CCCCCC/C=C\CCCC)COC(=O)CCCCCCCCCCCCCCCC. The maximum atomic E-state index is 12.7. The van der Waals surface area contributed by atoms with Crippen LogP contribution in [-0.2, 0) is 28.6 Å². The average Bonchev–Trinajstić information content (AvgIpc) is 3.15. The Morgan fingerprint density at radius 1 is 0.358 bits per heavy atom. The van der Waals surface area contributed by atoms with Crippen molar-refractivity contribution in [3.8, 4) is 0 Å². The predicted octanol–water partition coefficient (Wildman–Crippen LogP) is 14.4. The molecule has 0 aliphatic carbocycles. The number of carbonyl (C=O) groups is 3. The second kappa shape index (κ2) is 42.6. The smallest absolute Gasteiger partial charge is 0.306 e. The van der Waals surface area contributed by atoms with Gasteiger partial charge in [0.05, 0.1) is 0 Å². The third-order valence-electron chi connectivity index (χ3n) is 9.93. The van der Waals surface area contributed by atoms with Crippen molar-refractivity contribution in [1.82, 2.24) is 0 Å². The molecule has 0 radical (unpaired) electrons. The first-order valence-electron chi connectivity index (χ1n) is 22.8. The van der Waals surface area contributed by atoms with Crippen LogP contribution in [0.3, 0.4) is 0 Å². The lowest BCUT2D eigenvalue weighted by Crippen LogP contribution is -2.30. The van der Waals surface area contributed by atoms with Crippen LogP contribution in [0.15, 0.2) is 24.3 Å². The molecule has 53 heavy (non-hydrogen) atoms. The highest BCUT2D eigenvalue weighted by molar-refractivity contribution is 5.71. The van der Waals surface area contributed by atoms with Crippen LogP contribution in [0.25, 0.3) is 0 Å².